The molecule has 1 aromatic carbocycles. The third kappa shape index (κ3) is 4.56. The maximum atomic E-state index is 10.8. The van der Waals surface area contributed by atoms with Crippen LogP contribution in [0.4, 0.5) is 5.69 Å². The fraction of sp³-hybridized carbons (Fsp3) is 0.364. The van der Waals surface area contributed by atoms with Gasteiger partial charge in [0.1, 0.15) is 6.07 Å². The topological polar surface area (TPSA) is 96.0 Å². The van der Waals surface area contributed by atoms with E-state index < -0.39 is 10.0 Å². The molecule has 0 spiro atoms. The first kappa shape index (κ1) is 14.8. The number of sulfonamides is 1. The van der Waals surface area contributed by atoms with Gasteiger partial charge in [0.15, 0.2) is 0 Å². The Morgan fingerprint density at radius 3 is 2.78 bits per heavy atom. The van der Waals surface area contributed by atoms with E-state index in [1.54, 1.807) is 17.8 Å². The molecule has 0 bridgehead atoms. The predicted molar refractivity (Wildman–Crippen MR) is 74.0 cm³/mol. The van der Waals surface area contributed by atoms with Crippen molar-refractivity contribution in [2.45, 2.75) is 11.8 Å². The van der Waals surface area contributed by atoms with Crippen molar-refractivity contribution in [1.82, 2.24) is 0 Å². The second-order valence-corrected chi connectivity index (χ2v) is 6.56. The average molecular weight is 285 g/mol. The zero-order chi connectivity index (χ0) is 13.6. The number of nitrogens with one attached hydrogen (secondary N) is 1. The number of benzene rings is 1. The SMILES string of the molecule is CCSc1cccc(NCCS(N)(=O)=O)c1C#N. The van der Waals surface area contributed by atoms with Gasteiger partial charge in [-0.3, -0.25) is 0 Å². The standard InChI is InChI=1S/C11H15N3O2S2/c1-2-17-11-5-3-4-10(9(11)8-12)14-6-7-18(13,15)16/h3-5,14H,2,6-7H2,1H3,(H2,13,15,16). The third-order valence-electron chi connectivity index (χ3n) is 2.14. The van der Waals surface area contributed by atoms with Gasteiger partial charge in [0.05, 0.1) is 17.0 Å². The quantitative estimate of drug-likeness (QED) is 0.770. The minimum absolute atomic E-state index is 0.164. The number of hydrogen-bond donors (Lipinski definition) is 2. The molecule has 0 aliphatic heterocycles. The molecule has 1 aromatic rings. The first-order valence-electron chi connectivity index (χ1n) is 5.38. The van der Waals surface area contributed by atoms with Crippen molar-refractivity contribution in [1.29, 1.82) is 5.26 Å². The molecule has 7 heteroatoms. The first-order valence-corrected chi connectivity index (χ1v) is 8.08. The normalized spacial score (nSPS) is 10.9. The van der Waals surface area contributed by atoms with Crippen LogP contribution < -0.4 is 10.5 Å². The van der Waals surface area contributed by atoms with Crippen LogP contribution >= 0.6 is 11.8 Å². The van der Waals surface area contributed by atoms with E-state index in [9.17, 15) is 8.42 Å². The minimum Gasteiger partial charge on any atom is -0.383 e. The molecule has 0 fully saturated rings. The van der Waals surface area contributed by atoms with Gasteiger partial charge < -0.3 is 5.32 Å². The van der Waals surface area contributed by atoms with Crippen LogP contribution in [0.25, 0.3) is 0 Å². The number of primary sulfonamides is 1. The third-order valence-corrected chi connectivity index (χ3v) is 3.85. The van der Waals surface area contributed by atoms with Gasteiger partial charge in [-0.25, -0.2) is 13.6 Å². The molecule has 0 aliphatic carbocycles. The van der Waals surface area contributed by atoms with Gasteiger partial charge in [-0.2, -0.15) is 5.26 Å². The molecule has 0 unspecified atom stereocenters. The molecular weight excluding hydrogens is 270 g/mol. The van der Waals surface area contributed by atoms with E-state index in [-0.39, 0.29) is 12.3 Å². The summed E-state index contributed by atoms with van der Waals surface area (Å²) in [6, 6.07) is 7.59. The number of anilines is 1. The lowest BCUT2D eigenvalue weighted by Gasteiger charge is -2.10. The summed E-state index contributed by atoms with van der Waals surface area (Å²) in [5.74, 6) is 0.707. The van der Waals surface area contributed by atoms with Crippen molar-refractivity contribution >= 4 is 27.5 Å². The van der Waals surface area contributed by atoms with Crippen LogP contribution in [-0.2, 0) is 10.0 Å². The Balaban J connectivity index is 2.83. The Labute approximate surface area is 111 Å². The summed E-state index contributed by atoms with van der Waals surface area (Å²) in [6.07, 6.45) is 0. The molecular formula is C11H15N3O2S2. The molecule has 98 valence electrons. The summed E-state index contributed by atoms with van der Waals surface area (Å²) in [7, 11) is -3.48. The number of hydrogen-bond acceptors (Lipinski definition) is 5. The van der Waals surface area contributed by atoms with Crippen molar-refractivity contribution < 1.29 is 8.42 Å². The lowest BCUT2D eigenvalue weighted by Crippen LogP contribution is -2.22. The lowest BCUT2D eigenvalue weighted by molar-refractivity contribution is 0.598. The minimum atomic E-state index is -3.48. The molecule has 0 aliphatic rings. The van der Waals surface area contributed by atoms with Crippen molar-refractivity contribution in [2.24, 2.45) is 5.14 Å². The Hall–Kier alpha value is -1.23. The van der Waals surface area contributed by atoms with Crippen LogP contribution in [0.15, 0.2) is 23.1 Å². The second-order valence-electron chi connectivity index (χ2n) is 3.52. The Bertz CT molecular complexity index is 550. The number of nitrogens with zero attached hydrogens (tertiary/aromatic N) is 1. The summed E-state index contributed by atoms with van der Waals surface area (Å²) in [5.41, 5.74) is 1.18. The van der Waals surface area contributed by atoms with E-state index in [0.717, 1.165) is 10.6 Å². The highest BCUT2D eigenvalue weighted by Crippen LogP contribution is 2.27. The largest absolute Gasteiger partial charge is 0.383 e. The fourth-order valence-electron chi connectivity index (χ4n) is 1.40. The van der Waals surface area contributed by atoms with E-state index in [0.29, 0.717) is 11.3 Å². The summed E-state index contributed by atoms with van der Waals surface area (Å²) in [4.78, 5) is 0.889. The molecule has 1 rings (SSSR count). The van der Waals surface area contributed by atoms with Gasteiger partial charge in [-0.1, -0.05) is 13.0 Å². The number of nitriles is 1. The van der Waals surface area contributed by atoms with Crippen LogP contribution in [0.5, 0.6) is 0 Å². The van der Waals surface area contributed by atoms with E-state index >= 15 is 0 Å². The Kier molecular flexibility index (Phi) is 5.47. The molecule has 0 aromatic heterocycles. The van der Waals surface area contributed by atoms with Crippen molar-refractivity contribution in [3.05, 3.63) is 23.8 Å². The predicted octanol–water partition coefficient (Wildman–Crippen LogP) is 1.37. The molecule has 5 nitrogen and oxygen atoms in total. The number of rotatable bonds is 6. The summed E-state index contributed by atoms with van der Waals surface area (Å²) in [5, 5.41) is 17.0. The van der Waals surface area contributed by atoms with Gasteiger partial charge in [-0.15, -0.1) is 11.8 Å². The molecule has 0 saturated heterocycles. The Morgan fingerprint density at radius 2 is 2.22 bits per heavy atom. The molecule has 0 atom stereocenters. The van der Waals surface area contributed by atoms with Gasteiger partial charge in [0.25, 0.3) is 0 Å². The Morgan fingerprint density at radius 1 is 1.50 bits per heavy atom. The lowest BCUT2D eigenvalue weighted by atomic mass is 10.2. The molecule has 0 radical (unpaired) electrons. The van der Waals surface area contributed by atoms with Crippen LogP contribution in [0.2, 0.25) is 0 Å². The van der Waals surface area contributed by atoms with E-state index in [1.165, 1.54) is 0 Å². The maximum Gasteiger partial charge on any atom is 0.210 e. The number of thioether (sulfide) groups is 1. The van der Waals surface area contributed by atoms with Gasteiger partial charge in [0, 0.05) is 11.4 Å². The molecule has 0 amide bonds. The summed E-state index contributed by atoms with van der Waals surface area (Å²) in [6.45, 7) is 2.20. The van der Waals surface area contributed by atoms with Crippen molar-refractivity contribution in [3.8, 4) is 6.07 Å². The highest BCUT2D eigenvalue weighted by molar-refractivity contribution is 7.99. The smallest absolute Gasteiger partial charge is 0.210 e. The monoisotopic (exact) mass is 285 g/mol. The maximum absolute atomic E-state index is 10.8. The van der Waals surface area contributed by atoms with Crippen LogP contribution in [0.1, 0.15) is 12.5 Å². The van der Waals surface area contributed by atoms with Crippen molar-refractivity contribution in [2.75, 3.05) is 23.4 Å². The summed E-state index contributed by atoms with van der Waals surface area (Å²) < 4.78 is 21.6. The summed E-state index contributed by atoms with van der Waals surface area (Å²) >= 11 is 1.57. The average Bonchev–Trinajstić information content (AvgIpc) is 2.28. The number of nitrogens with two attached hydrogens (primary N) is 1. The van der Waals surface area contributed by atoms with E-state index in [1.807, 2.05) is 19.1 Å². The van der Waals surface area contributed by atoms with Gasteiger partial charge in [0.2, 0.25) is 10.0 Å². The van der Waals surface area contributed by atoms with Crippen LogP contribution in [0.3, 0.4) is 0 Å². The van der Waals surface area contributed by atoms with Crippen LogP contribution in [0, 0.1) is 11.3 Å². The molecule has 0 heterocycles. The molecule has 0 saturated carbocycles. The van der Waals surface area contributed by atoms with Gasteiger partial charge in [-0.05, 0) is 17.9 Å². The van der Waals surface area contributed by atoms with Gasteiger partial charge >= 0.3 is 0 Å². The highest BCUT2D eigenvalue weighted by Gasteiger charge is 2.08. The van der Waals surface area contributed by atoms with E-state index in [4.69, 9.17) is 10.4 Å². The van der Waals surface area contributed by atoms with Crippen LogP contribution in [-0.4, -0.2) is 26.5 Å². The first-order chi connectivity index (χ1) is 8.48. The fourth-order valence-corrected chi connectivity index (χ4v) is 2.57. The zero-order valence-corrected chi connectivity index (χ0v) is 11.6. The highest BCUT2D eigenvalue weighted by atomic mass is 32.2. The second kappa shape index (κ2) is 6.64. The van der Waals surface area contributed by atoms with E-state index in [2.05, 4.69) is 11.4 Å². The van der Waals surface area contributed by atoms with Crippen molar-refractivity contribution in [3.63, 3.8) is 0 Å². The zero-order valence-electron chi connectivity index (χ0n) is 10.0. The molecule has 18 heavy (non-hydrogen) atoms. The molecule has 3 N–H and O–H groups in total.